The molecule has 0 aromatic heterocycles. The molecular formula is C15H21FN2O. The zero-order valence-corrected chi connectivity index (χ0v) is 11.5. The van der Waals surface area contributed by atoms with Crippen molar-refractivity contribution in [2.75, 3.05) is 20.1 Å². The fourth-order valence-corrected chi connectivity index (χ4v) is 3.36. The molecule has 2 heterocycles. The van der Waals surface area contributed by atoms with Gasteiger partial charge in [-0.2, -0.15) is 0 Å². The Morgan fingerprint density at radius 2 is 2.32 bits per heavy atom. The van der Waals surface area contributed by atoms with Gasteiger partial charge in [0.1, 0.15) is 17.2 Å². The molecule has 0 amide bonds. The summed E-state index contributed by atoms with van der Waals surface area (Å²) < 4.78 is 19.7. The van der Waals surface area contributed by atoms with E-state index in [0.29, 0.717) is 11.7 Å². The van der Waals surface area contributed by atoms with Gasteiger partial charge in [0.2, 0.25) is 0 Å². The molecule has 1 aromatic rings. The highest BCUT2D eigenvalue weighted by molar-refractivity contribution is 5.39. The van der Waals surface area contributed by atoms with Crippen molar-refractivity contribution < 1.29 is 9.13 Å². The van der Waals surface area contributed by atoms with Crippen LogP contribution in [0.3, 0.4) is 0 Å². The molecule has 2 aliphatic rings. The molecule has 3 nitrogen and oxygen atoms in total. The van der Waals surface area contributed by atoms with Gasteiger partial charge in [-0.25, -0.2) is 4.39 Å². The Morgan fingerprint density at radius 1 is 1.47 bits per heavy atom. The molecule has 3 atom stereocenters. The lowest BCUT2D eigenvalue weighted by molar-refractivity contribution is -0.0368. The van der Waals surface area contributed by atoms with E-state index in [2.05, 4.69) is 17.6 Å². The monoisotopic (exact) mass is 264 g/mol. The minimum atomic E-state index is -0.229. The maximum atomic E-state index is 13.5. The average Bonchev–Trinajstić information content (AvgIpc) is 2.41. The summed E-state index contributed by atoms with van der Waals surface area (Å²) in [6.07, 6.45) is 1.92. The van der Waals surface area contributed by atoms with E-state index in [4.69, 9.17) is 4.74 Å². The van der Waals surface area contributed by atoms with Gasteiger partial charge in [-0.15, -0.1) is 0 Å². The molecule has 3 unspecified atom stereocenters. The topological polar surface area (TPSA) is 33.3 Å². The van der Waals surface area contributed by atoms with Crippen LogP contribution in [0.4, 0.5) is 4.39 Å². The van der Waals surface area contributed by atoms with E-state index in [-0.39, 0.29) is 17.5 Å². The highest BCUT2D eigenvalue weighted by Crippen LogP contribution is 2.45. The number of nitrogens with one attached hydrogen (secondary N) is 2. The summed E-state index contributed by atoms with van der Waals surface area (Å²) >= 11 is 0. The van der Waals surface area contributed by atoms with Crippen molar-refractivity contribution in [1.29, 1.82) is 0 Å². The summed E-state index contributed by atoms with van der Waals surface area (Å²) in [6, 6.07) is 5.11. The van der Waals surface area contributed by atoms with Crippen molar-refractivity contribution in [3.8, 4) is 5.75 Å². The van der Waals surface area contributed by atoms with Gasteiger partial charge in [-0.3, -0.25) is 0 Å². The molecule has 0 bridgehead atoms. The Balaban J connectivity index is 2.00. The first kappa shape index (κ1) is 12.9. The summed E-state index contributed by atoms with van der Waals surface area (Å²) in [4.78, 5) is 0. The summed E-state index contributed by atoms with van der Waals surface area (Å²) in [6.45, 7) is 4.13. The van der Waals surface area contributed by atoms with Crippen LogP contribution < -0.4 is 15.4 Å². The number of ether oxygens (including phenoxy) is 1. The lowest BCUT2D eigenvalue weighted by Crippen LogP contribution is -2.56. The molecule has 4 heteroatoms. The van der Waals surface area contributed by atoms with Crippen molar-refractivity contribution in [2.45, 2.75) is 31.4 Å². The van der Waals surface area contributed by atoms with Gasteiger partial charge in [-0.05, 0) is 26.1 Å². The molecule has 3 rings (SSSR count). The third-order valence-corrected chi connectivity index (χ3v) is 4.64. The first-order valence-electron chi connectivity index (χ1n) is 7.01. The third-order valence-electron chi connectivity index (χ3n) is 4.64. The van der Waals surface area contributed by atoms with Crippen molar-refractivity contribution in [2.24, 2.45) is 5.92 Å². The van der Waals surface area contributed by atoms with E-state index in [0.717, 1.165) is 31.5 Å². The highest BCUT2D eigenvalue weighted by Gasteiger charge is 2.45. The van der Waals surface area contributed by atoms with Crippen LogP contribution in [0.25, 0.3) is 0 Å². The predicted molar refractivity (Wildman–Crippen MR) is 72.8 cm³/mol. The minimum absolute atomic E-state index is 0.167. The van der Waals surface area contributed by atoms with Crippen LogP contribution in [0.2, 0.25) is 0 Å². The van der Waals surface area contributed by atoms with Crippen molar-refractivity contribution in [3.05, 3.63) is 29.6 Å². The SMILES string of the molecule is CNC1CC2(CCNCC2C)Oc2cc(F)ccc21. The summed E-state index contributed by atoms with van der Waals surface area (Å²) in [7, 11) is 1.96. The van der Waals surface area contributed by atoms with Crippen LogP contribution >= 0.6 is 0 Å². The number of halogens is 1. The standard InChI is InChI=1S/C15H21FN2O/c1-10-9-18-6-5-15(10)8-13(17-2)12-4-3-11(16)7-14(12)19-15/h3-4,7,10,13,17-18H,5-6,8-9H2,1-2H3. The molecule has 0 radical (unpaired) electrons. The molecule has 0 aliphatic carbocycles. The van der Waals surface area contributed by atoms with Gasteiger partial charge in [0.05, 0.1) is 0 Å². The average molecular weight is 264 g/mol. The molecule has 1 saturated heterocycles. The van der Waals surface area contributed by atoms with Crippen LogP contribution in [0.15, 0.2) is 18.2 Å². The number of piperidine rings is 1. The predicted octanol–water partition coefficient (Wildman–Crippen LogP) is 2.24. The van der Waals surface area contributed by atoms with Crippen LogP contribution in [0.5, 0.6) is 5.75 Å². The number of hydrogen-bond donors (Lipinski definition) is 2. The Morgan fingerprint density at radius 3 is 3.05 bits per heavy atom. The molecular weight excluding hydrogens is 243 g/mol. The molecule has 19 heavy (non-hydrogen) atoms. The van der Waals surface area contributed by atoms with Gasteiger partial charge in [-0.1, -0.05) is 13.0 Å². The Hall–Kier alpha value is -1.13. The van der Waals surface area contributed by atoms with Crippen molar-refractivity contribution >= 4 is 0 Å². The zero-order chi connectivity index (χ0) is 13.5. The zero-order valence-electron chi connectivity index (χ0n) is 11.5. The number of rotatable bonds is 1. The Labute approximate surface area is 113 Å². The summed E-state index contributed by atoms with van der Waals surface area (Å²) in [5, 5.41) is 6.75. The van der Waals surface area contributed by atoms with Crippen molar-refractivity contribution in [1.82, 2.24) is 10.6 Å². The van der Waals surface area contributed by atoms with Crippen LogP contribution in [0.1, 0.15) is 31.4 Å². The molecule has 1 aromatic carbocycles. The molecule has 2 aliphatic heterocycles. The maximum Gasteiger partial charge on any atom is 0.127 e. The van der Waals surface area contributed by atoms with E-state index in [1.807, 2.05) is 13.1 Å². The highest BCUT2D eigenvalue weighted by atomic mass is 19.1. The fourth-order valence-electron chi connectivity index (χ4n) is 3.36. The van der Waals surface area contributed by atoms with Gasteiger partial charge in [0.25, 0.3) is 0 Å². The molecule has 2 N–H and O–H groups in total. The normalized spacial score (nSPS) is 33.8. The van der Waals surface area contributed by atoms with Gasteiger partial charge >= 0.3 is 0 Å². The summed E-state index contributed by atoms with van der Waals surface area (Å²) in [5.74, 6) is 0.903. The molecule has 1 fully saturated rings. The van der Waals surface area contributed by atoms with Crippen molar-refractivity contribution in [3.63, 3.8) is 0 Å². The second-order valence-corrected chi connectivity index (χ2v) is 5.75. The van der Waals surface area contributed by atoms with Crippen LogP contribution in [-0.2, 0) is 0 Å². The molecule has 104 valence electrons. The quantitative estimate of drug-likeness (QED) is 0.816. The number of benzene rings is 1. The smallest absolute Gasteiger partial charge is 0.127 e. The first-order valence-corrected chi connectivity index (χ1v) is 7.01. The molecule has 1 spiro atoms. The maximum absolute atomic E-state index is 13.5. The van der Waals surface area contributed by atoms with Crippen LogP contribution in [0, 0.1) is 11.7 Å². The van der Waals surface area contributed by atoms with Gasteiger partial charge in [0, 0.05) is 36.6 Å². The number of fused-ring (bicyclic) bond motifs is 1. The van der Waals surface area contributed by atoms with Gasteiger partial charge in [0.15, 0.2) is 0 Å². The lowest BCUT2D eigenvalue weighted by Gasteiger charge is -2.48. The van der Waals surface area contributed by atoms with Gasteiger partial charge < -0.3 is 15.4 Å². The summed E-state index contributed by atoms with van der Waals surface area (Å²) in [5.41, 5.74) is 0.903. The lowest BCUT2D eigenvalue weighted by atomic mass is 9.75. The van der Waals surface area contributed by atoms with E-state index >= 15 is 0 Å². The minimum Gasteiger partial charge on any atom is -0.486 e. The number of hydrogen-bond acceptors (Lipinski definition) is 3. The molecule has 0 saturated carbocycles. The van der Waals surface area contributed by atoms with Crippen LogP contribution in [-0.4, -0.2) is 25.7 Å². The van der Waals surface area contributed by atoms with E-state index in [1.54, 1.807) is 0 Å². The second-order valence-electron chi connectivity index (χ2n) is 5.75. The Kier molecular flexibility index (Phi) is 3.23. The second kappa shape index (κ2) is 4.76. The first-order chi connectivity index (χ1) is 9.14. The Bertz CT molecular complexity index is 479. The fraction of sp³-hybridized carbons (Fsp3) is 0.600. The largest absolute Gasteiger partial charge is 0.486 e. The van der Waals surface area contributed by atoms with E-state index in [9.17, 15) is 4.39 Å². The van der Waals surface area contributed by atoms with E-state index < -0.39 is 0 Å². The van der Waals surface area contributed by atoms with E-state index in [1.165, 1.54) is 12.1 Å². The third kappa shape index (κ3) is 2.13.